The van der Waals surface area contributed by atoms with E-state index in [9.17, 15) is 0 Å². The van der Waals surface area contributed by atoms with Gasteiger partial charge in [-0.2, -0.15) is 5.10 Å². The third-order valence-electron chi connectivity index (χ3n) is 3.51. The molecule has 0 spiro atoms. The van der Waals surface area contributed by atoms with Gasteiger partial charge in [-0.15, -0.1) is 11.3 Å². The van der Waals surface area contributed by atoms with E-state index in [1.165, 1.54) is 0 Å². The SMILES string of the molecule is Cn1cc(-c2ccc3scc(-c4ccnc(N)c4)c3n2)cn1. The molecule has 0 bridgehead atoms. The molecule has 6 heteroatoms. The molecule has 22 heavy (non-hydrogen) atoms. The Kier molecular flexibility index (Phi) is 2.90. The van der Waals surface area contributed by atoms with Crippen molar-refractivity contribution in [2.45, 2.75) is 0 Å². The molecule has 108 valence electrons. The van der Waals surface area contributed by atoms with E-state index in [0.29, 0.717) is 5.82 Å². The van der Waals surface area contributed by atoms with Gasteiger partial charge in [0.05, 0.1) is 22.1 Å². The van der Waals surface area contributed by atoms with Crippen LogP contribution in [0.4, 0.5) is 5.82 Å². The lowest BCUT2D eigenvalue weighted by atomic mass is 10.1. The number of nitrogens with two attached hydrogens (primary N) is 1. The topological polar surface area (TPSA) is 69.6 Å². The van der Waals surface area contributed by atoms with Crippen LogP contribution in [0.3, 0.4) is 0 Å². The maximum Gasteiger partial charge on any atom is 0.123 e. The van der Waals surface area contributed by atoms with Crippen LogP contribution < -0.4 is 5.73 Å². The summed E-state index contributed by atoms with van der Waals surface area (Å²) < 4.78 is 2.93. The molecule has 0 aliphatic rings. The lowest BCUT2D eigenvalue weighted by Gasteiger charge is -2.02. The van der Waals surface area contributed by atoms with Crippen LogP contribution in [-0.2, 0) is 7.05 Å². The minimum atomic E-state index is 0.514. The van der Waals surface area contributed by atoms with Gasteiger partial charge in [0.15, 0.2) is 0 Å². The Bertz CT molecular complexity index is 970. The fourth-order valence-corrected chi connectivity index (χ4v) is 3.35. The summed E-state index contributed by atoms with van der Waals surface area (Å²) >= 11 is 1.68. The van der Waals surface area contributed by atoms with Crippen molar-refractivity contribution in [3.63, 3.8) is 0 Å². The minimum Gasteiger partial charge on any atom is -0.384 e. The van der Waals surface area contributed by atoms with Gasteiger partial charge < -0.3 is 5.73 Å². The first-order valence-electron chi connectivity index (χ1n) is 6.80. The van der Waals surface area contributed by atoms with Crippen LogP contribution in [-0.4, -0.2) is 19.7 Å². The van der Waals surface area contributed by atoms with E-state index >= 15 is 0 Å². The Morgan fingerprint density at radius 2 is 2.09 bits per heavy atom. The van der Waals surface area contributed by atoms with Crippen molar-refractivity contribution in [1.29, 1.82) is 0 Å². The first-order valence-corrected chi connectivity index (χ1v) is 7.68. The largest absolute Gasteiger partial charge is 0.384 e. The highest BCUT2D eigenvalue weighted by Crippen LogP contribution is 2.34. The van der Waals surface area contributed by atoms with E-state index in [-0.39, 0.29) is 0 Å². The summed E-state index contributed by atoms with van der Waals surface area (Å²) in [7, 11) is 1.90. The molecular weight excluding hydrogens is 294 g/mol. The van der Waals surface area contributed by atoms with Gasteiger partial charge in [-0.1, -0.05) is 0 Å². The number of pyridine rings is 2. The van der Waals surface area contributed by atoms with Crippen molar-refractivity contribution in [2.75, 3.05) is 5.73 Å². The number of aryl methyl sites for hydroxylation is 1. The van der Waals surface area contributed by atoms with Crippen molar-refractivity contribution in [3.8, 4) is 22.4 Å². The van der Waals surface area contributed by atoms with Gasteiger partial charge in [0.25, 0.3) is 0 Å². The molecule has 4 aromatic heterocycles. The Labute approximate surface area is 131 Å². The zero-order valence-electron chi connectivity index (χ0n) is 11.9. The number of nitrogen functional groups attached to an aromatic ring is 1. The van der Waals surface area contributed by atoms with E-state index < -0.39 is 0 Å². The molecule has 4 heterocycles. The second kappa shape index (κ2) is 4.92. The summed E-state index contributed by atoms with van der Waals surface area (Å²) in [6.45, 7) is 0. The summed E-state index contributed by atoms with van der Waals surface area (Å²) in [5, 5.41) is 6.32. The average molecular weight is 307 g/mol. The average Bonchev–Trinajstić information content (AvgIpc) is 3.12. The van der Waals surface area contributed by atoms with E-state index in [2.05, 4.69) is 21.5 Å². The van der Waals surface area contributed by atoms with E-state index in [4.69, 9.17) is 10.7 Å². The molecule has 0 radical (unpaired) electrons. The summed E-state index contributed by atoms with van der Waals surface area (Å²) in [5.74, 6) is 0.514. The number of hydrogen-bond acceptors (Lipinski definition) is 5. The van der Waals surface area contributed by atoms with E-state index in [1.807, 2.05) is 37.6 Å². The third-order valence-corrected chi connectivity index (χ3v) is 4.45. The Morgan fingerprint density at radius 1 is 1.18 bits per heavy atom. The lowest BCUT2D eigenvalue weighted by Crippen LogP contribution is -1.89. The fourth-order valence-electron chi connectivity index (χ4n) is 2.45. The molecule has 5 nitrogen and oxygen atoms in total. The minimum absolute atomic E-state index is 0.514. The molecule has 0 saturated heterocycles. The van der Waals surface area contributed by atoms with Crippen molar-refractivity contribution >= 4 is 27.4 Å². The zero-order valence-corrected chi connectivity index (χ0v) is 12.7. The molecule has 0 unspecified atom stereocenters. The van der Waals surface area contributed by atoms with Gasteiger partial charge in [-0.05, 0) is 29.8 Å². The monoisotopic (exact) mass is 307 g/mol. The van der Waals surface area contributed by atoms with Crippen molar-refractivity contribution in [2.24, 2.45) is 7.05 Å². The smallest absolute Gasteiger partial charge is 0.123 e. The van der Waals surface area contributed by atoms with E-state index in [0.717, 1.165) is 32.6 Å². The summed E-state index contributed by atoms with van der Waals surface area (Å²) in [6.07, 6.45) is 5.51. The Hall–Kier alpha value is -2.73. The number of nitrogens with zero attached hydrogens (tertiary/aromatic N) is 4. The van der Waals surface area contributed by atoms with Crippen LogP contribution in [0.2, 0.25) is 0 Å². The van der Waals surface area contributed by atoms with Crippen molar-refractivity contribution in [1.82, 2.24) is 19.7 Å². The molecule has 2 N–H and O–H groups in total. The molecule has 0 atom stereocenters. The zero-order chi connectivity index (χ0) is 15.1. The first kappa shape index (κ1) is 13.0. The van der Waals surface area contributed by atoms with Crippen LogP contribution >= 0.6 is 11.3 Å². The number of thiophene rings is 1. The fraction of sp³-hybridized carbons (Fsp3) is 0.0625. The predicted molar refractivity (Wildman–Crippen MR) is 89.5 cm³/mol. The predicted octanol–water partition coefficient (Wildman–Crippen LogP) is 3.34. The number of rotatable bonds is 2. The Morgan fingerprint density at radius 3 is 2.86 bits per heavy atom. The molecular formula is C16H13N5S. The quantitative estimate of drug-likeness (QED) is 0.616. The number of hydrogen-bond donors (Lipinski definition) is 1. The van der Waals surface area contributed by atoms with Crippen LogP contribution in [0.25, 0.3) is 32.6 Å². The van der Waals surface area contributed by atoms with Gasteiger partial charge in [0, 0.05) is 35.9 Å². The molecule has 0 fully saturated rings. The van der Waals surface area contributed by atoms with Crippen LogP contribution in [0, 0.1) is 0 Å². The second-order valence-electron chi connectivity index (χ2n) is 5.06. The number of anilines is 1. The normalized spacial score (nSPS) is 11.1. The van der Waals surface area contributed by atoms with Crippen LogP contribution in [0.15, 0.2) is 48.2 Å². The number of aromatic nitrogens is 4. The van der Waals surface area contributed by atoms with Crippen LogP contribution in [0.5, 0.6) is 0 Å². The molecule has 0 saturated carbocycles. The van der Waals surface area contributed by atoms with Gasteiger partial charge in [-0.25, -0.2) is 9.97 Å². The van der Waals surface area contributed by atoms with Crippen molar-refractivity contribution < 1.29 is 0 Å². The van der Waals surface area contributed by atoms with E-state index in [1.54, 1.807) is 22.2 Å². The van der Waals surface area contributed by atoms with Gasteiger partial charge >= 0.3 is 0 Å². The maximum absolute atomic E-state index is 5.79. The molecule has 0 amide bonds. The maximum atomic E-state index is 5.79. The van der Waals surface area contributed by atoms with Gasteiger partial charge in [0.2, 0.25) is 0 Å². The lowest BCUT2D eigenvalue weighted by molar-refractivity contribution is 0.768. The third kappa shape index (κ3) is 2.14. The van der Waals surface area contributed by atoms with Gasteiger partial charge in [0.1, 0.15) is 5.82 Å². The highest BCUT2D eigenvalue weighted by atomic mass is 32.1. The van der Waals surface area contributed by atoms with Crippen LogP contribution in [0.1, 0.15) is 0 Å². The molecule has 4 rings (SSSR count). The second-order valence-corrected chi connectivity index (χ2v) is 5.98. The molecule has 4 aromatic rings. The summed E-state index contributed by atoms with van der Waals surface area (Å²) in [6, 6.07) is 7.96. The summed E-state index contributed by atoms with van der Waals surface area (Å²) in [5.41, 5.74) is 10.8. The molecule has 0 aliphatic heterocycles. The highest BCUT2D eigenvalue weighted by Gasteiger charge is 2.11. The standard InChI is InChI=1S/C16H13N5S/c1-21-8-11(7-19-21)13-2-3-14-16(20-13)12(9-22-14)10-4-5-18-15(17)6-10/h2-9H,1H3,(H2,17,18). The summed E-state index contributed by atoms with van der Waals surface area (Å²) in [4.78, 5) is 8.87. The molecule has 0 aromatic carbocycles. The Balaban J connectivity index is 1.90. The van der Waals surface area contributed by atoms with Crippen molar-refractivity contribution in [3.05, 3.63) is 48.2 Å². The number of fused-ring (bicyclic) bond motifs is 1. The molecule has 0 aliphatic carbocycles. The first-order chi connectivity index (χ1) is 10.7. The highest BCUT2D eigenvalue weighted by molar-refractivity contribution is 7.17. The van der Waals surface area contributed by atoms with Gasteiger partial charge in [-0.3, -0.25) is 4.68 Å².